The first-order valence-corrected chi connectivity index (χ1v) is 16.0. The highest BCUT2D eigenvalue weighted by molar-refractivity contribution is 5.87. The highest BCUT2D eigenvalue weighted by Crippen LogP contribution is 2.21. The van der Waals surface area contributed by atoms with Gasteiger partial charge in [0.1, 0.15) is 0 Å². The Balaban J connectivity index is 3.64. The Morgan fingerprint density at radius 1 is 0.583 bits per heavy atom. The van der Waals surface area contributed by atoms with Crippen molar-refractivity contribution in [2.75, 3.05) is 20.6 Å². The van der Waals surface area contributed by atoms with E-state index in [2.05, 4.69) is 38.1 Å². The summed E-state index contributed by atoms with van der Waals surface area (Å²) in [6.45, 7) is 5.12. The van der Waals surface area contributed by atoms with Gasteiger partial charge >= 0.3 is 0 Å². The minimum absolute atomic E-state index is 0.145. The summed E-state index contributed by atoms with van der Waals surface area (Å²) in [7, 11) is 4.39. The lowest BCUT2D eigenvalue weighted by Crippen LogP contribution is -2.16. The quantitative estimate of drug-likeness (QED) is 0.0601. The molecule has 0 aliphatic carbocycles. The Morgan fingerprint density at radius 3 is 1.50 bits per heavy atom. The molecular formula is C34H65NO. The van der Waals surface area contributed by atoms with Crippen LogP contribution in [0.15, 0.2) is 24.3 Å². The van der Waals surface area contributed by atoms with Crippen LogP contribution in [0, 0.1) is 5.92 Å². The molecule has 0 amide bonds. The van der Waals surface area contributed by atoms with E-state index in [1.807, 2.05) is 6.08 Å². The molecule has 36 heavy (non-hydrogen) atoms. The molecule has 0 aromatic heterocycles. The van der Waals surface area contributed by atoms with Gasteiger partial charge in [0.2, 0.25) is 0 Å². The maximum atomic E-state index is 10.9. The molecule has 0 aliphatic rings. The number of ketones is 1. The summed E-state index contributed by atoms with van der Waals surface area (Å²) >= 11 is 0. The fourth-order valence-electron chi connectivity index (χ4n) is 5.04. The molecule has 0 N–H and O–H groups in total. The first kappa shape index (κ1) is 35.1. The van der Waals surface area contributed by atoms with E-state index in [-0.39, 0.29) is 5.78 Å². The molecule has 0 rings (SSSR count). The zero-order valence-corrected chi connectivity index (χ0v) is 25.2. The van der Waals surface area contributed by atoms with Gasteiger partial charge in [0.15, 0.2) is 5.78 Å². The third-order valence-corrected chi connectivity index (χ3v) is 7.46. The summed E-state index contributed by atoms with van der Waals surface area (Å²) in [4.78, 5) is 13.2. The summed E-state index contributed by atoms with van der Waals surface area (Å²) in [5.74, 6) is 1.01. The fraction of sp³-hybridized carbons (Fsp3) is 0.853. The van der Waals surface area contributed by atoms with Crippen molar-refractivity contribution in [1.29, 1.82) is 0 Å². The largest absolute Gasteiger partial charge is 0.309 e. The van der Waals surface area contributed by atoms with Crippen molar-refractivity contribution in [2.24, 2.45) is 5.92 Å². The molecule has 0 spiro atoms. The number of hydrogen-bond acceptors (Lipinski definition) is 2. The second kappa shape index (κ2) is 28.7. The Hall–Kier alpha value is -0.890. The van der Waals surface area contributed by atoms with Crippen LogP contribution >= 0.6 is 0 Å². The highest BCUT2D eigenvalue weighted by atomic mass is 16.1. The number of hydrogen-bond donors (Lipinski definition) is 0. The third kappa shape index (κ3) is 29.3. The summed E-state index contributed by atoms with van der Waals surface area (Å²) < 4.78 is 0. The molecular weight excluding hydrogens is 438 g/mol. The number of unbranched alkanes of at least 4 members (excludes halogenated alkanes) is 17. The molecule has 0 radical (unpaired) electrons. The van der Waals surface area contributed by atoms with Crippen LogP contribution in [0.3, 0.4) is 0 Å². The topological polar surface area (TPSA) is 20.3 Å². The summed E-state index contributed by atoms with van der Waals surface area (Å²) in [6, 6.07) is 0. The number of nitrogens with zero attached hydrogens (tertiary/aromatic N) is 1. The molecule has 0 aromatic rings. The SMILES string of the molecule is CCCCCCCCCCCCCCCCCCCC(CC/C=C/CC/C=C/C(C)=O)CCN(C)C. The molecule has 2 heteroatoms. The van der Waals surface area contributed by atoms with E-state index in [0.29, 0.717) is 0 Å². The van der Waals surface area contributed by atoms with Crippen molar-refractivity contribution in [1.82, 2.24) is 4.90 Å². The second-order valence-electron chi connectivity index (χ2n) is 11.5. The second-order valence-corrected chi connectivity index (χ2v) is 11.5. The standard InChI is InChI=1S/C34H65NO/c1-5-6-7-8-9-10-11-12-13-14-15-16-17-18-19-23-26-29-34(31-32-35(3)4)30-27-24-21-20-22-25-28-33(2)36/h21,24-25,28,34H,5-20,22-23,26-27,29-32H2,1-4H3/b24-21+,28-25+. The van der Waals surface area contributed by atoms with Crippen molar-refractivity contribution >= 4 is 5.78 Å². The molecule has 0 aromatic carbocycles. The van der Waals surface area contributed by atoms with Crippen LogP contribution in [0.1, 0.15) is 162 Å². The van der Waals surface area contributed by atoms with Crippen LogP contribution in [0.25, 0.3) is 0 Å². The monoisotopic (exact) mass is 504 g/mol. The minimum atomic E-state index is 0.145. The molecule has 212 valence electrons. The Morgan fingerprint density at radius 2 is 1.03 bits per heavy atom. The molecule has 0 heterocycles. The third-order valence-electron chi connectivity index (χ3n) is 7.46. The van der Waals surface area contributed by atoms with Crippen LogP contribution in [-0.2, 0) is 4.79 Å². The lowest BCUT2D eigenvalue weighted by atomic mass is 9.92. The van der Waals surface area contributed by atoms with Gasteiger partial charge in [-0.15, -0.1) is 0 Å². The molecule has 2 nitrogen and oxygen atoms in total. The number of allylic oxidation sites excluding steroid dienone is 4. The summed E-state index contributed by atoms with van der Waals surface area (Å²) in [5.41, 5.74) is 0. The van der Waals surface area contributed by atoms with Gasteiger partial charge in [0, 0.05) is 0 Å². The molecule has 1 atom stereocenters. The number of rotatable bonds is 28. The molecule has 0 bridgehead atoms. The maximum absolute atomic E-state index is 10.9. The van der Waals surface area contributed by atoms with Crippen molar-refractivity contribution in [3.63, 3.8) is 0 Å². The molecule has 0 fully saturated rings. The van der Waals surface area contributed by atoms with Crippen molar-refractivity contribution in [3.05, 3.63) is 24.3 Å². The van der Waals surface area contributed by atoms with Crippen molar-refractivity contribution in [2.45, 2.75) is 162 Å². The lowest BCUT2D eigenvalue weighted by molar-refractivity contribution is -0.112. The first-order valence-electron chi connectivity index (χ1n) is 16.0. The van der Waals surface area contributed by atoms with E-state index in [9.17, 15) is 4.79 Å². The van der Waals surface area contributed by atoms with Crippen LogP contribution < -0.4 is 0 Å². The van der Waals surface area contributed by atoms with E-state index < -0.39 is 0 Å². The Labute approximate surface area is 227 Å². The predicted molar refractivity (Wildman–Crippen MR) is 163 cm³/mol. The van der Waals surface area contributed by atoms with Gasteiger partial charge in [-0.25, -0.2) is 0 Å². The Kier molecular flexibility index (Phi) is 28.0. The van der Waals surface area contributed by atoms with E-state index in [1.54, 1.807) is 13.0 Å². The van der Waals surface area contributed by atoms with Gasteiger partial charge < -0.3 is 4.90 Å². The normalized spacial score (nSPS) is 12.9. The predicted octanol–water partition coefficient (Wildman–Crippen LogP) is 10.9. The fourth-order valence-corrected chi connectivity index (χ4v) is 5.04. The van der Waals surface area contributed by atoms with Gasteiger partial charge in [-0.3, -0.25) is 4.79 Å². The van der Waals surface area contributed by atoms with Gasteiger partial charge in [0.25, 0.3) is 0 Å². The van der Waals surface area contributed by atoms with E-state index >= 15 is 0 Å². The summed E-state index contributed by atoms with van der Waals surface area (Å²) in [5, 5.41) is 0. The number of carbonyl (C=O) groups is 1. The van der Waals surface area contributed by atoms with E-state index in [1.165, 1.54) is 141 Å². The zero-order chi connectivity index (χ0) is 26.5. The van der Waals surface area contributed by atoms with Crippen LogP contribution in [0.5, 0.6) is 0 Å². The minimum Gasteiger partial charge on any atom is -0.309 e. The average molecular weight is 504 g/mol. The van der Waals surface area contributed by atoms with Crippen molar-refractivity contribution < 1.29 is 4.79 Å². The van der Waals surface area contributed by atoms with Crippen LogP contribution in [0.2, 0.25) is 0 Å². The number of carbonyl (C=O) groups excluding carboxylic acids is 1. The zero-order valence-electron chi connectivity index (χ0n) is 25.2. The molecule has 1 unspecified atom stereocenters. The van der Waals surface area contributed by atoms with E-state index in [4.69, 9.17) is 0 Å². The average Bonchev–Trinajstić information content (AvgIpc) is 2.85. The van der Waals surface area contributed by atoms with Crippen LogP contribution in [-0.4, -0.2) is 31.3 Å². The Bertz CT molecular complexity index is 507. The maximum Gasteiger partial charge on any atom is 0.152 e. The molecule has 0 aliphatic heterocycles. The van der Waals surface area contributed by atoms with Gasteiger partial charge in [-0.05, 0) is 71.7 Å². The summed E-state index contributed by atoms with van der Waals surface area (Å²) in [6.07, 6.45) is 40.2. The van der Waals surface area contributed by atoms with Gasteiger partial charge in [0.05, 0.1) is 0 Å². The highest BCUT2D eigenvalue weighted by Gasteiger charge is 2.08. The van der Waals surface area contributed by atoms with Crippen molar-refractivity contribution in [3.8, 4) is 0 Å². The molecule has 0 saturated carbocycles. The molecule has 0 saturated heterocycles. The first-order chi connectivity index (χ1) is 17.6. The van der Waals surface area contributed by atoms with Gasteiger partial charge in [-0.2, -0.15) is 0 Å². The smallest absolute Gasteiger partial charge is 0.152 e. The lowest BCUT2D eigenvalue weighted by Gasteiger charge is -2.18. The van der Waals surface area contributed by atoms with Gasteiger partial charge in [-0.1, -0.05) is 141 Å². The van der Waals surface area contributed by atoms with Crippen LogP contribution in [0.4, 0.5) is 0 Å². The van der Waals surface area contributed by atoms with E-state index in [0.717, 1.165) is 18.8 Å².